The second-order valence-electron chi connectivity index (χ2n) is 7.90. The Hall–Kier alpha value is -1.93. The fraction of sp³-hybridized carbons (Fsp3) is 0.619. The van der Waals surface area contributed by atoms with Crippen molar-refractivity contribution in [1.29, 1.82) is 0 Å². The number of nitrogens with zero attached hydrogens (tertiary/aromatic N) is 1. The highest BCUT2D eigenvalue weighted by molar-refractivity contribution is 7.89. The first-order valence-corrected chi connectivity index (χ1v) is 11.7. The van der Waals surface area contributed by atoms with Gasteiger partial charge in [0, 0.05) is 19.5 Å². The van der Waals surface area contributed by atoms with Crippen molar-refractivity contribution in [3.8, 4) is 0 Å². The van der Waals surface area contributed by atoms with Crippen LogP contribution in [0.2, 0.25) is 0 Å². The predicted octanol–water partition coefficient (Wildman–Crippen LogP) is 2.50. The van der Waals surface area contributed by atoms with Crippen molar-refractivity contribution in [3.05, 3.63) is 35.9 Å². The molecule has 1 aromatic carbocycles. The van der Waals surface area contributed by atoms with Crippen molar-refractivity contribution >= 4 is 22.0 Å². The molecule has 0 unspecified atom stereocenters. The predicted molar refractivity (Wildman–Crippen MR) is 107 cm³/mol. The van der Waals surface area contributed by atoms with Crippen LogP contribution in [0.25, 0.3) is 0 Å². The summed E-state index contributed by atoms with van der Waals surface area (Å²) < 4.78 is 37.5. The van der Waals surface area contributed by atoms with Crippen LogP contribution in [0.1, 0.15) is 44.1 Å². The van der Waals surface area contributed by atoms with Gasteiger partial charge in [-0.05, 0) is 43.6 Å². The third-order valence-corrected chi connectivity index (χ3v) is 8.31. The lowest BCUT2D eigenvalue weighted by Gasteiger charge is -2.30. The molecule has 2 fully saturated rings. The molecule has 1 saturated carbocycles. The highest BCUT2D eigenvalue weighted by Gasteiger charge is 2.40. The summed E-state index contributed by atoms with van der Waals surface area (Å²) in [6, 6.07) is 9.51. The summed E-state index contributed by atoms with van der Waals surface area (Å²) in [5, 5.41) is -0.461. The van der Waals surface area contributed by atoms with Crippen molar-refractivity contribution in [3.63, 3.8) is 0 Å². The van der Waals surface area contributed by atoms with Crippen LogP contribution < -0.4 is 0 Å². The lowest BCUT2D eigenvalue weighted by Crippen LogP contribution is -2.40. The van der Waals surface area contributed by atoms with Crippen LogP contribution in [0, 0.1) is 11.8 Å². The highest BCUT2D eigenvalue weighted by Crippen LogP contribution is 2.33. The number of hydrogen-bond acceptors (Lipinski definition) is 6. The summed E-state index contributed by atoms with van der Waals surface area (Å²) in [6.45, 7) is 1.06. The van der Waals surface area contributed by atoms with E-state index in [0.717, 1.165) is 5.56 Å². The zero-order valence-electron chi connectivity index (χ0n) is 16.8. The van der Waals surface area contributed by atoms with E-state index in [2.05, 4.69) is 4.74 Å². The molecule has 2 aliphatic rings. The third-order valence-electron chi connectivity index (χ3n) is 5.94. The summed E-state index contributed by atoms with van der Waals surface area (Å²) >= 11 is 0. The van der Waals surface area contributed by atoms with Crippen LogP contribution in [0.3, 0.4) is 0 Å². The number of methoxy groups -OCH3 is 1. The maximum atomic E-state index is 13.0. The first kappa shape index (κ1) is 21.8. The van der Waals surface area contributed by atoms with Crippen LogP contribution in [0.4, 0.5) is 0 Å². The van der Waals surface area contributed by atoms with Crippen molar-refractivity contribution in [2.75, 3.05) is 20.2 Å². The number of rotatable bonds is 7. The van der Waals surface area contributed by atoms with Gasteiger partial charge in [-0.1, -0.05) is 30.3 Å². The molecule has 8 heteroatoms. The smallest absolute Gasteiger partial charge is 0.309 e. The Morgan fingerprint density at radius 2 is 1.76 bits per heavy atom. The van der Waals surface area contributed by atoms with Gasteiger partial charge in [0.1, 0.15) is 6.61 Å². The maximum absolute atomic E-state index is 13.0. The van der Waals surface area contributed by atoms with Crippen LogP contribution >= 0.6 is 0 Å². The standard InChI is InChI=1S/C21H29NO6S/c1-27-20(23)13-17-11-12-22(14-17)29(25,26)19-9-7-18(8-10-19)21(24)28-15-16-5-3-2-4-6-16/h2-6,17-19H,7-15H2,1H3/t17-,18?,19?/m0/s1. The molecule has 1 aliphatic carbocycles. The van der Waals surface area contributed by atoms with E-state index in [9.17, 15) is 18.0 Å². The van der Waals surface area contributed by atoms with Gasteiger partial charge in [-0.2, -0.15) is 0 Å². The van der Waals surface area contributed by atoms with Gasteiger partial charge in [0.05, 0.1) is 18.3 Å². The van der Waals surface area contributed by atoms with Gasteiger partial charge in [0.15, 0.2) is 0 Å². The van der Waals surface area contributed by atoms with Crippen molar-refractivity contribution in [1.82, 2.24) is 4.31 Å². The van der Waals surface area contributed by atoms with Crippen LogP contribution in [0.15, 0.2) is 30.3 Å². The van der Waals surface area contributed by atoms with Crippen LogP contribution in [-0.4, -0.2) is 50.1 Å². The van der Waals surface area contributed by atoms with E-state index in [0.29, 0.717) is 45.2 Å². The molecule has 0 radical (unpaired) electrons. The second kappa shape index (κ2) is 9.71. The topological polar surface area (TPSA) is 90.0 Å². The molecule has 1 heterocycles. The summed E-state index contributed by atoms with van der Waals surface area (Å²) in [4.78, 5) is 23.8. The molecule has 0 spiro atoms. The molecular formula is C21H29NO6S. The molecule has 1 saturated heterocycles. The zero-order valence-corrected chi connectivity index (χ0v) is 17.6. The fourth-order valence-corrected chi connectivity index (χ4v) is 6.24. The lowest BCUT2D eigenvalue weighted by molar-refractivity contribution is -0.151. The van der Waals surface area contributed by atoms with E-state index in [-0.39, 0.29) is 36.8 Å². The van der Waals surface area contributed by atoms with E-state index in [4.69, 9.17) is 4.74 Å². The fourth-order valence-electron chi connectivity index (χ4n) is 4.17. The van der Waals surface area contributed by atoms with Gasteiger partial charge >= 0.3 is 11.9 Å². The van der Waals surface area contributed by atoms with Crippen LogP contribution in [-0.2, 0) is 35.7 Å². The molecule has 0 aromatic heterocycles. The van der Waals surface area contributed by atoms with Crippen molar-refractivity contribution in [2.45, 2.75) is 50.4 Å². The van der Waals surface area contributed by atoms with Crippen LogP contribution in [0.5, 0.6) is 0 Å². The molecule has 7 nitrogen and oxygen atoms in total. The summed E-state index contributed by atoms with van der Waals surface area (Å²) in [7, 11) is -2.07. The minimum Gasteiger partial charge on any atom is -0.469 e. The molecule has 1 aromatic rings. The number of benzene rings is 1. The van der Waals surface area contributed by atoms with Gasteiger partial charge in [0.2, 0.25) is 10.0 Å². The Kier molecular flexibility index (Phi) is 7.29. The van der Waals surface area contributed by atoms with E-state index in [1.807, 2.05) is 30.3 Å². The van der Waals surface area contributed by atoms with Gasteiger partial charge in [-0.15, -0.1) is 0 Å². The lowest BCUT2D eigenvalue weighted by atomic mass is 9.89. The minimum absolute atomic E-state index is 0.0153. The summed E-state index contributed by atoms with van der Waals surface area (Å²) in [5.74, 6) is -0.773. The molecule has 0 N–H and O–H groups in total. The molecular weight excluding hydrogens is 394 g/mol. The normalized spacial score (nSPS) is 25.5. The summed E-state index contributed by atoms with van der Waals surface area (Å²) in [5.41, 5.74) is 0.938. The zero-order chi connectivity index (χ0) is 20.9. The van der Waals surface area contributed by atoms with Crippen molar-refractivity contribution in [2.24, 2.45) is 11.8 Å². The van der Waals surface area contributed by atoms with E-state index in [1.54, 1.807) is 0 Å². The van der Waals surface area contributed by atoms with Gasteiger partial charge in [0.25, 0.3) is 0 Å². The van der Waals surface area contributed by atoms with Gasteiger partial charge < -0.3 is 9.47 Å². The molecule has 3 rings (SSSR count). The highest BCUT2D eigenvalue weighted by atomic mass is 32.2. The average molecular weight is 424 g/mol. The first-order valence-electron chi connectivity index (χ1n) is 10.2. The number of sulfonamides is 1. The first-order chi connectivity index (χ1) is 13.9. The molecule has 29 heavy (non-hydrogen) atoms. The Morgan fingerprint density at radius 1 is 1.07 bits per heavy atom. The molecule has 1 atom stereocenters. The Bertz CT molecular complexity index is 802. The number of carbonyl (C=O) groups is 2. The maximum Gasteiger partial charge on any atom is 0.309 e. The van der Waals surface area contributed by atoms with Crippen molar-refractivity contribution < 1.29 is 27.5 Å². The van der Waals surface area contributed by atoms with E-state index in [1.165, 1.54) is 11.4 Å². The third kappa shape index (κ3) is 5.57. The molecule has 0 amide bonds. The average Bonchev–Trinajstić information content (AvgIpc) is 3.22. The van der Waals surface area contributed by atoms with E-state index < -0.39 is 15.3 Å². The number of ether oxygens (including phenoxy) is 2. The number of carbonyl (C=O) groups excluding carboxylic acids is 2. The molecule has 1 aliphatic heterocycles. The summed E-state index contributed by atoms with van der Waals surface area (Å²) in [6.07, 6.45) is 2.91. The number of hydrogen-bond donors (Lipinski definition) is 0. The Morgan fingerprint density at radius 3 is 2.41 bits per heavy atom. The Balaban J connectivity index is 1.47. The SMILES string of the molecule is COC(=O)C[C@@H]1CCN(S(=O)(=O)C2CCC(C(=O)OCc3ccccc3)CC2)C1. The largest absolute Gasteiger partial charge is 0.469 e. The van der Waals surface area contributed by atoms with Gasteiger partial charge in [-0.3, -0.25) is 9.59 Å². The molecule has 160 valence electrons. The minimum atomic E-state index is -3.41. The monoisotopic (exact) mass is 423 g/mol. The quantitative estimate of drug-likeness (QED) is 0.626. The van der Waals surface area contributed by atoms with Gasteiger partial charge in [-0.25, -0.2) is 12.7 Å². The van der Waals surface area contributed by atoms with E-state index >= 15 is 0 Å². The second-order valence-corrected chi connectivity index (χ2v) is 10.1. The molecule has 0 bridgehead atoms. The Labute approximate surface area is 172 Å². The number of esters is 2.